The van der Waals surface area contributed by atoms with E-state index in [0.29, 0.717) is 17.6 Å². The lowest BCUT2D eigenvalue weighted by Gasteiger charge is -2.19. The number of carbonyl (C=O) groups excluding carboxylic acids is 1. The smallest absolute Gasteiger partial charge is 0.136 e. The number of hydrogen-bond acceptors (Lipinski definition) is 1. The fourth-order valence-electron chi connectivity index (χ4n) is 2.85. The molecule has 15 heavy (non-hydrogen) atoms. The SMILES string of the molecule is O=C1CC2CC1CC=C2c1ccccc1. The number of carbonyl (C=O) groups is 1. The van der Waals surface area contributed by atoms with Gasteiger partial charge >= 0.3 is 0 Å². The molecule has 76 valence electrons. The maximum atomic E-state index is 11.6. The Morgan fingerprint density at radius 2 is 1.87 bits per heavy atom. The largest absolute Gasteiger partial charge is 0.299 e. The second-order valence-corrected chi connectivity index (χ2v) is 4.56. The topological polar surface area (TPSA) is 17.1 Å². The summed E-state index contributed by atoms with van der Waals surface area (Å²) >= 11 is 0. The third kappa shape index (κ3) is 1.43. The third-order valence-electron chi connectivity index (χ3n) is 3.64. The van der Waals surface area contributed by atoms with Gasteiger partial charge in [0.25, 0.3) is 0 Å². The normalized spacial score (nSPS) is 29.1. The molecule has 2 bridgehead atoms. The fraction of sp³-hybridized carbons (Fsp3) is 0.357. The molecule has 0 N–H and O–H groups in total. The Balaban J connectivity index is 1.96. The second-order valence-electron chi connectivity index (χ2n) is 4.56. The minimum atomic E-state index is 0.336. The van der Waals surface area contributed by atoms with Gasteiger partial charge in [-0.2, -0.15) is 0 Å². The number of hydrogen-bond donors (Lipinski definition) is 0. The molecule has 3 rings (SSSR count). The molecule has 1 saturated carbocycles. The van der Waals surface area contributed by atoms with Crippen molar-refractivity contribution in [3.63, 3.8) is 0 Å². The number of allylic oxidation sites excluding steroid dienone is 2. The Morgan fingerprint density at radius 1 is 1.07 bits per heavy atom. The first-order valence-corrected chi connectivity index (χ1v) is 5.63. The van der Waals surface area contributed by atoms with E-state index in [0.717, 1.165) is 19.3 Å². The van der Waals surface area contributed by atoms with Gasteiger partial charge in [-0.25, -0.2) is 0 Å². The average Bonchev–Trinajstić information content (AvgIpc) is 2.56. The Labute approximate surface area is 89.8 Å². The maximum Gasteiger partial charge on any atom is 0.136 e. The Morgan fingerprint density at radius 3 is 2.67 bits per heavy atom. The molecular formula is C14H14O. The molecular weight excluding hydrogens is 184 g/mol. The van der Waals surface area contributed by atoms with Crippen LogP contribution in [0.15, 0.2) is 36.4 Å². The number of ketones is 1. The minimum absolute atomic E-state index is 0.336. The fourth-order valence-corrected chi connectivity index (χ4v) is 2.85. The van der Waals surface area contributed by atoms with Crippen LogP contribution in [0.3, 0.4) is 0 Å². The summed E-state index contributed by atoms with van der Waals surface area (Å²) in [5.41, 5.74) is 2.70. The van der Waals surface area contributed by atoms with Crippen LogP contribution in [0.25, 0.3) is 5.57 Å². The minimum Gasteiger partial charge on any atom is -0.299 e. The van der Waals surface area contributed by atoms with Gasteiger partial charge < -0.3 is 0 Å². The van der Waals surface area contributed by atoms with Gasteiger partial charge in [0.1, 0.15) is 5.78 Å². The van der Waals surface area contributed by atoms with E-state index in [1.165, 1.54) is 11.1 Å². The molecule has 1 aromatic carbocycles. The first-order chi connectivity index (χ1) is 7.34. The zero-order valence-corrected chi connectivity index (χ0v) is 8.65. The third-order valence-corrected chi connectivity index (χ3v) is 3.64. The zero-order valence-electron chi connectivity index (χ0n) is 8.65. The van der Waals surface area contributed by atoms with E-state index >= 15 is 0 Å². The Kier molecular flexibility index (Phi) is 1.98. The van der Waals surface area contributed by atoms with Gasteiger partial charge in [0, 0.05) is 12.3 Å². The van der Waals surface area contributed by atoms with Crippen molar-refractivity contribution in [3.05, 3.63) is 42.0 Å². The Hall–Kier alpha value is -1.37. The van der Waals surface area contributed by atoms with Crippen molar-refractivity contribution in [1.82, 2.24) is 0 Å². The van der Waals surface area contributed by atoms with E-state index < -0.39 is 0 Å². The molecule has 0 aliphatic heterocycles. The van der Waals surface area contributed by atoms with Gasteiger partial charge in [-0.1, -0.05) is 36.4 Å². The summed E-state index contributed by atoms with van der Waals surface area (Å²) in [5, 5.41) is 0. The molecule has 0 radical (unpaired) electrons. The van der Waals surface area contributed by atoms with E-state index in [-0.39, 0.29) is 0 Å². The lowest BCUT2D eigenvalue weighted by molar-refractivity contribution is -0.120. The highest BCUT2D eigenvalue weighted by Gasteiger charge is 2.37. The molecule has 0 spiro atoms. The number of rotatable bonds is 1. The molecule has 1 heteroatoms. The van der Waals surface area contributed by atoms with Crippen molar-refractivity contribution >= 4 is 11.4 Å². The Bertz CT molecular complexity index is 416. The summed E-state index contributed by atoms with van der Waals surface area (Å²) in [5.74, 6) is 1.31. The highest BCUT2D eigenvalue weighted by molar-refractivity contribution is 5.89. The van der Waals surface area contributed by atoms with Crippen LogP contribution < -0.4 is 0 Å². The van der Waals surface area contributed by atoms with E-state index in [4.69, 9.17) is 0 Å². The van der Waals surface area contributed by atoms with Gasteiger partial charge in [-0.3, -0.25) is 4.79 Å². The summed E-state index contributed by atoms with van der Waals surface area (Å²) in [4.78, 5) is 11.6. The van der Waals surface area contributed by atoms with Crippen LogP contribution >= 0.6 is 0 Å². The molecule has 2 aliphatic rings. The zero-order chi connectivity index (χ0) is 10.3. The highest BCUT2D eigenvalue weighted by atomic mass is 16.1. The maximum absolute atomic E-state index is 11.6. The van der Waals surface area contributed by atoms with Crippen LogP contribution in [0.4, 0.5) is 0 Å². The molecule has 2 unspecified atom stereocenters. The average molecular weight is 198 g/mol. The van der Waals surface area contributed by atoms with Gasteiger partial charge in [-0.05, 0) is 29.9 Å². The number of benzene rings is 1. The predicted molar refractivity (Wildman–Crippen MR) is 60.3 cm³/mol. The van der Waals surface area contributed by atoms with Crippen molar-refractivity contribution in [3.8, 4) is 0 Å². The van der Waals surface area contributed by atoms with Gasteiger partial charge in [0.15, 0.2) is 0 Å². The van der Waals surface area contributed by atoms with E-state index in [2.05, 4.69) is 30.3 Å². The standard InChI is InChI=1S/C14H14O/c15-14-9-12-8-11(14)6-7-13(12)10-4-2-1-3-5-10/h1-5,7,11-12H,6,8-9H2. The van der Waals surface area contributed by atoms with Crippen LogP contribution in [-0.2, 0) is 4.79 Å². The summed E-state index contributed by atoms with van der Waals surface area (Å²) in [6, 6.07) is 10.5. The molecule has 1 nitrogen and oxygen atoms in total. The molecule has 0 saturated heterocycles. The summed E-state index contributed by atoms with van der Waals surface area (Å²) in [6.07, 6.45) is 5.09. The molecule has 1 aromatic rings. The lowest BCUT2D eigenvalue weighted by atomic mass is 9.85. The molecule has 2 aliphatic carbocycles. The molecule has 0 heterocycles. The van der Waals surface area contributed by atoms with E-state index in [1.54, 1.807) is 0 Å². The van der Waals surface area contributed by atoms with Crippen LogP contribution in [0.2, 0.25) is 0 Å². The van der Waals surface area contributed by atoms with Crippen molar-refractivity contribution in [2.45, 2.75) is 19.3 Å². The van der Waals surface area contributed by atoms with Crippen LogP contribution in [0.1, 0.15) is 24.8 Å². The van der Waals surface area contributed by atoms with Crippen molar-refractivity contribution in [1.29, 1.82) is 0 Å². The van der Waals surface area contributed by atoms with Gasteiger partial charge in [-0.15, -0.1) is 0 Å². The van der Waals surface area contributed by atoms with Gasteiger partial charge in [0.2, 0.25) is 0 Å². The summed E-state index contributed by atoms with van der Waals surface area (Å²) < 4.78 is 0. The van der Waals surface area contributed by atoms with Crippen LogP contribution in [-0.4, -0.2) is 5.78 Å². The van der Waals surface area contributed by atoms with Crippen LogP contribution in [0.5, 0.6) is 0 Å². The quantitative estimate of drug-likeness (QED) is 0.677. The van der Waals surface area contributed by atoms with Crippen LogP contribution in [0, 0.1) is 11.8 Å². The number of Topliss-reactive ketones (excluding diaryl/α,β-unsaturated/α-hetero) is 1. The summed E-state index contributed by atoms with van der Waals surface area (Å²) in [6.45, 7) is 0. The molecule has 0 amide bonds. The predicted octanol–water partition coefficient (Wildman–Crippen LogP) is 3.07. The molecule has 0 aromatic heterocycles. The first-order valence-electron chi connectivity index (χ1n) is 5.63. The number of fused-ring (bicyclic) bond motifs is 2. The van der Waals surface area contributed by atoms with E-state index in [1.807, 2.05) is 6.07 Å². The van der Waals surface area contributed by atoms with Crippen molar-refractivity contribution < 1.29 is 4.79 Å². The van der Waals surface area contributed by atoms with Gasteiger partial charge in [0.05, 0.1) is 0 Å². The van der Waals surface area contributed by atoms with Crippen molar-refractivity contribution in [2.75, 3.05) is 0 Å². The molecule has 1 fully saturated rings. The highest BCUT2D eigenvalue weighted by Crippen LogP contribution is 2.43. The first kappa shape index (κ1) is 8.90. The molecule has 2 atom stereocenters. The summed E-state index contributed by atoms with van der Waals surface area (Å²) in [7, 11) is 0. The second kappa shape index (κ2) is 3.34. The monoisotopic (exact) mass is 198 g/mol. The lowest BCUT2D eigenvalue weighted by Crippen LogP contribution is -2.07. The van der Waals surface area contributed by atoms with Crippen molar-refractivity contribution in [2.24, 2.45) is 11.8 Å². The van der Waals surface area contributed by atoms with E-state index in [9.17, 15) is 4.79 Å².